The van der Waals surface area contributed by atoms with Crippen LogP contribution >= 0.6 is 11.3 Å². The number of nitrogens with zero attached hydrogens (tertiary/aromatic N) is 3. The van der Waals surface area contributed by atoms with Gasteiger partial charge in [0.15, 0.2) is 11.0 Å². The second-order valence-electron chi connectivity index (χ2n) is 4.18. The second kappa shape index (κ2) is 4.84. The summed E-state index contributed by atoms with van der Waals surface area (Å²) < 4.78 is 4.57. The van der Waals surface area contributed by atoms with Gasteiger partial charge in [-0.3, -0.25) is 4.79 Å². The highest BCUT2D eigenvalue weighted by molar-refractivity contribution is 7.18. The van der Waals surface area contributed by atoms with E-state index in [1.54, 1.807) is 0 Å². The van der Waals surface area contributed by atoms with Gasteiger partial charge in [-0.2, -0.15) is 4.98 Å². The molecule has 2 aromatic heterocycles. The number of carbonyl (C=O) groups is 1. The lowest BCUT2D eigenvalue weighted by Gasteiger charge is -1.99. The summed E-state index contributed by atoms with van der Waals surface area (Å²) in [5.41, 5.74) is 5.74. The lowest BCUT2D eigenvalue weighted by atomic mass is 10.4. The van der Waals surface area contributed by atoms with Crippen molar-refractivity contribution in [2.45, 2.75) is 25.4 Å². The molecule has 0 radical (unpaired) electrons. The number of carbonyl (C=O) groups excluding carboxylic acids is 1. The fraction of sp³-hybridized carbons (Fsp3) is 0.400. The van der Waals surface area contributed by atoms with Crippen LogP contribution in [0.2, 0.25) is 0 Å². The number of rotatable bonds is 5. The summed E-state index contributed by atoms with van der Waals surface area (Å²) in [6, 6.07) is 0.473. The Morgan fingerprint density at radius 3 is 3.11 bits per heavy atom. The van der Waals surface area contributed by atoms with Crippen LogP contribution in [-0.2, 0) is 6.54 Å². The first-order valence-corrected chi connectivity index (χ1v) is 6.60. The van der Waals surface area contributed by atoms with Gasteiger partial charge in [0.05, 0.1) is 6.54 Å². The predicted molar refractivity (Wildman–Crippen MR) is 68.6 cm³/mol. The van der Waals surface area contributed by atoms with Gasteiger partial charge < -0.3 is 20.9 Å². The molecule has 0 saturated heterocycles. The number of thiazole rings is 1. The number of nitrogens with one attached hydrogen (secondary N) is 2. The highest BCUT2D eigenvalue weighted by atomic mass is 32.1. The molecule has 1 fully saturated rings. The molecular weight excluding hydrogens is 268 g/mol. The molecule has 2 aromatic rings. The Kier molecular flexibility index (Phi) is 3.03. The predicted octanol–water partition coefficient (Wildman–Crippen LogP) is 0.613. The molecule has 0 aliphatic heterocycles. The molecule has 8 nitrogen and oxygen atoms in total. The van der Waals surface area contributed by atoms with Crippen molar-refractivity contribution in [3.63, 3.8) is 0 Å². The van der Waals surface area contributed by atoms with E-state index in [1.165, 1.54) is 17.7 Å². The Hall–Kier alpha value is -2.16. The molecule has 1 aliphatic rings. The van der Waals surface area contributed by atoms with Crippen molar-refractivity contribution >= 4 is 28.2 Å². The molecule has 9 heteroatoms. The van der Waals surface area contributed by atoms with Crippen molar-refractivity contribution in [3.05, 3.63) is 17.1 Å². The number of hydrogen-bond acceptors (Lipinski definition) is 8. The van der Waals surface area contributed by atoms with Crippen LogP contribution in [0.3, 0.4) is 0 Å². The van der Waals surface area contributed by atoms with Gasteiger partial charge in [-0.05, 0) is 12.8 Å². The van der Waals surface area contributed by atoms with E-state index in [1.807, 2.05) is 0 Å². The molecule has 1 saturated carbocycles. The SMILES string of the molecule is Nc1nc(NC2CC2)sc1C(=O)NCc1ncon1. The van der Waals surface area contributed by atoms with Gasteiger partial charge in [0, 0.05) is 6.04 Å². The molecule has 19 heavy (non-hydrogen) atoms. The zero-order valence-corrected chi connectivity index (χ0v) is 10.7. The molecule has 2 heterocycles. The monoisotopic (exact) mass is 280 g/mol. The molecule has 0 atom stereocenters. The smallest absolute Gasteiger partial charge is 0.265 e. The number of nitrogen functional groups attached to an aromatic ring is 1. The van der Waals surface area contributed by atoms with E-state index in [0.29, 0.717) is 21.9 Å². The Balaban J connectivity index is 1.63. The minimum Gasteiger partial charge on any atom is -0.382 e. The first kappa shape index (κ1) is 11.9. The normalized spacial score (nSPS) is 14.3. The Morgan fingerprint density at radius 1 is 1.58 bits per heavy atom. The van der Waals surface area contributed by atoms with Crippen molar-refractivity contribution in [2.75, 3.05) is 11.1 Å². The number of aromatic nitrogens is 3. The van der Waals surface area contributed by atoms with E-state index >= 15 is 0 Å². The molecule has 3 rings (SSSR count). The van der Waals surface area contributed by atoms with Gasteiger partial charge in [-0.1, -0.05) is 16.5 Å². The van der Waals surface area contributed by atoms with Gasteiger partial charge in [0.1, 0.15) is 10.7 Å². The van der Waals surface area contributed by atoms with Crippen molar-refractivity contribution < 1.29 is 9.32 Å². The summed E-state index contributed by atoms with van der Waals surface area (Å²) >= 11 is 1.25. The van der Waals surface area contributed by atoms with E-state index < -0.39 is 0 Å². The van der Waals surface area contributed by atoms with Gasteiger partial charge in [0.2, 0.25) is 6.39 Å². The molecular formula is C10H12N6O2S. The summed E-state index contributed by atoms with van der Waals surface area (Å²) in [7, 11) is 0. The van der Waals surface area contributed by atoms with E-state index in [-0.39, 0.29) is 18.3 Å². The zero-order chi connectivity index (χ0) is 13.2. The average molecular weight is 280 g/mol. The molecule has 0 bridgehead atoms. The Morgan fingerprint density at radius 2 is 2.42 bits per heavy atom. The first-order chi connectivity index (χ1) is 9.22. The minimum atomic E-state index is -0.288. The maximum atomic E-state index is 11.9. The van der Waals surface area contributed by atoms with Crippen LogP contribution in [0, 0.1) is 0 Å². The van der Waals surface area contributed by atoms with Gasteiger partial charge in [-0.15, -0.1) is 0 Å². The van der Waals surface area contributed by atoms with Crippen molar-refractivity contribution in [1.82, 2.24) is 20.4 Å². The van der Waals surface area contributed by atoms with Crippen molar-refractivity contribution in [2.24, 2.45) is 0 Å². The molecule has 100 valence electrons. The summed E-state index contributed by atoms with van der Waals surface area (Å²) in [5.74, 6) is 0.357. The summed E-state index contributed by atoms with van der Waals surface area (Å²) in [4.78, 5) is 20.3. The van der Waals surface area contributed by atoms with Gasteiger partial charge >= 0.3 is 0 Å². The number of anilines is 2. The number of amides is 1. The third kappa shape index (κ3) is 2.81. The molecule has 0 spiro atoms. The third-order valence-corrected chi connectivity index (χ3v) is 3.58. The van der Waals surface area contributed by atoms with Crippen molar-refractivity contribution in [1.29, 1.82) is 0 Å². The second-order valence-corrected chi connectivity index (χ2v) is 5.18. The van der Waals surface area contributed by atoms with E-state index in [9.17, 15) is 4.79 Å². The van der Waals surface area contributed by atoms with E-state index in [0.717, 1.165) is 12.8 Å². The average Bonchev–Trinajstić information content (AvgIpc) is 2.90. The standard InChI is InChI=1S/C10H12N6O2S/c11-8-7(19-10(15-8)14-5-1-2-5)9(17)12-3-6-13-4-18-16-6/h4-5H,1-3,11H2,(H,12,17)(H,14,15). The van der Waals surface area contributed by atoms with E-state index in [4.69, 9.17) is 5.73 Å². The minimum absolute atomic E-state index is 0.193. The van der Waals surface area contributed by atoms with Crippen LogP contribution in [-0.4, -0.2) is 27.1 Å². The number of nitrogens with two attached hydrogens (primary N) is 1. The Labute approximate surface area is 112 Å². The first-order valence-electron chi connectivity index (χ1n) is 5.78. The zero-order valence-electron chi connectivity index (χ0n) is 9.92. The summed E-state index contributed by atoms with van der Waals surface area (Å²) in [6.45, 7) is 0.193. The largest absolute Gasteiger partial charge is 0.382 e. The molecule has 4 N–H and O–H groups in total. The summed E-state index contributed by atoms with van der Waals surface area (Å²) in [5, 5.41) is 10.2. The van der Waals surface area contributed by atoms with Gasteiger partial charge in [-0.25, -0.2) is 4.98 Å². The van der Waals surface area contributed by atoms with Crippen LogP contribution in [0.5, 0.6) is 0 Å². The molecule has 1 amide bonds. The number of hydrogen-bond donors (Lipinski definition) is 3. The van der Waals surface area contributed by atoms with Crippen LogP contribution < -0.4 is 16.4 Å². The van der Waals surface area contributed by atoms with Crippen LogP contribution in [0.25, 0.3) is 0 Å². The van der Waals surface area contributed by atoms with Crippen LogP contribution in [0.4, 0.5) is 10.9 Å². The molecule has 0 unspecified atom stereocenters. The fourth-order valence-corrected chi connectivity index (χ4v) is 2.35. The van der Waals surface area contributed by atoms with Crippen LogP contribution in [0.15, 0.2) is 10.9 Å². The van der Waals surface area contributed by atoms with Crippen molar-refractivity contribution in [3.8, 4) is 0 Å². The third-order valence-electron chi connectivity index (χ3n) is 2.58. The molecule has 0 aromatic carbocycles. The summed E-state index contributed by atoms with van der Waals surface area (Å²) in [6.07, 6.45) is 3.48. The van der Waals surface area contributed by atoms with Crippen LogP contribution in [0.1, 0.15) is 28.3 Å². The lowest BCUT2D eigenvalue weighted by Crippen LogP contribution is -2.23. The quantitative estimate of drug-likeness (QED) is 0.734. The van der Waals surface area contributed by atoms with E-state index in [2.05, 4.69) is 30.3 Å². The highest BCUT2D eigenvalue weighted by Crippen LogP contribution is 2.30. The fourth-order valence-electron chi connectivity index (χ4n) is 1.47. The molecule has 1 aliphatic carbocycles. The highest BCUT2D eigenvalue weighted by Gasteiger charge is 2.24. The lowest BCUT2D eigenvalue weighted by molar-refractivity contribution is 0.0954. The Bertz CT molecular complexity index is 577. The van der Waals surface area contributed by atoms with Gasteiger partial charge in [0.25, 0.3) is 5.91 Å². The maximum Gasteiger partial charge on any atom is 0.265 e. The topological polar surface area (TPSA) is 119 Å². The maximum absolute atomic E-state index is 11.9.